The predicted octanol–water partition coefficient (Wildman–Crippen LogP) is 4.42. The number of nitrogens with one attached hydrogen (secondary N) is 1. The number of nitrogens with zero attached hydrogens (tertiary/aromatic N) is 2. The zero-order valence-electron chi connectivity index (χ0n) is 13.4. The Labute approximate surface area is 145 Å². The van der Waals surface area contributed by atoms with Gasteiger partial charge in [-0.25, -0.2) is 9.78 Å². The second kappa shape index (κ2) is 7.36. The lowest BCUT2D eigenvalue weighted by Gasteiger charge is -2.34. The number of benzene rings is 1. The molecule has 122 valence electrons. The number of aromatic nitrogens is 1. The lowest BCUT2D eigenvalue weighted by molar-refractivity contribution is 0.211. The summed E-state index contributed by atoms with van der Waals surface area (Å²) in [6.07, 6.45) is 1.82. The number of hydrogen-bond acceptors (Lipinski definition) is 4. The third kappa shape index (κ3) is 4.06. The number of hydrogen-bond donors (Lipinski definition) is 1. The van der Waals surface area contributed by atoms with Crippen LogP contribution >= 0.6 is 23.1 Å². The van der Waals surface area contributed by atoms with E-state index in [1.807, 2.05) is 53.2 Å². The van der Waals surface area contributed by atoms with E-state index in [1.54, 1.807) is 0 Å². The van der Waals surface area contributed by atoms with Crippen molar-refractivity contribution in [3.63, 3.8) is 0 Å². The number of urea groups is 1. The maximum atomic E-state index is 12.5. The molecule has 1 aromatic heterocycles. The van der Waals surface area contributed by atoms with Gasteiger partial charge in [-0.1, -0.05) is 55.5 Å². The van der Waals surface area contributed by atoms with Gasteiger partial charge in [-0.2, -0.15) is 11.8 Å². The summed E-state index contributed by atoms with van der Waals surface area (Å²) in [7, 11) is 0. The van der Waals surface area contributed by atoms with Crippen LogP contribution < -0.4 is 5.32 Å². The minimum atomic E-state index is -0.0371. The molecular formula is C17H21N3OS2. The van der Waals surface area contributed by atoms with E-state index in [2.05, 4.69) is 24.1 Å². The van der Waals surface area contributed by atoms with Crippen LogP contribution in [-0.2, 0) is 0 Å². The van der Waals surface area contributed by atoms with Gasteiger partial charge >= 0.3 is 6.03 Å². The van der Waals surface area contributed by atoms with Crippen molar-refractivity contribution in [3.8, 4) is 10.4 Å². The Morgan fingerprint density at radius 1 is 1.35 bits per heavy atom. The second-order valence-electron chi connectivity index (χ2n) is 5.93. The molecule has 1 atom stereocenters. The zero-order chi connectivity index (χ0) is 16.2. The molecule has 23 heavy (non-hydrogen) atoms. The molecule has 0 unspecified atom stereocenters. The van der Waals surface area contributed by atoms with E-state index < -0.39 is 0 Å². The molecule has 1 aliphatic heterocycles. The first-order valence-electron chi connectivity index (χ1n) is 7.82. The van der Waals surface area contributed by atoms with Crippen molar-refractivity contribution in [2.45, 2.75) is 19.1 Å². The zero-order valence-corrected chi connectivity index (χ0v) is 15.0. The Morgan fingerprint density at radius 2 is 2.13 bits per heavy atom. The topological polar surface area (TPSA) is 45.2 Å². The Morgan fingerprint density at radius 3 is 2.87 bits per heavy atom. The van der Waals surface area contributed by atoms with Gasteiger partial charge in [0.15, 0.2) is 5.13 Å². The van der Waals surface area contributed by atoms with Gasteiger partial charge in [0, 0.05) is 30.3 Å². The highest BCUT2D eigenvalue weighted by Gasteiger charge is 2.26. The Balaban J connectivity index is 1.63. The number of rotatable bonds is 3. The summed E-state index contributed by atoms with van der Waals surface area (Å²) in [5.41, 5.74) is 1.12. The summed E-state index contributed by atoms with van der Waals surface area (Å²) in [5, 5.41) is 4.13. The Hall–Kier alpha value is -1.53. The van der Waals surface area contributed by atoms with E-state index in [9.17, 15) is 4.79 Å². The number of anilines is 1. The third-order valence-corrected chi connectivity index (χ3v) is 6.40. The molecule has 1 N–H and O–H groups in total. The molecule has 1 aliphatic rings. The normalized spacial score (nSPS) is 18.2. The van der Waals surface area contributed by atoms with Crippen LogP contribution in [0.1, 0.15) is 13.8 Å². The van der Waals surface area contributed by atoms with Crippen molar-refractivity contribution in [2.24, 2.45) is 5.92 Å². The van der Waals surface area contributed by atoms with Crippen molar-refractivity contribution < 1.29 is 4.79 Å². The van der Waals surface area contributed by atoms with Gasteiger partial charge < -0.3 is 4.90 Å². The molecular weight excluding hydrogens is 326 g/mol. The number of carbonyl (C=O) groups excluding carboxylic acids is 1. The maximum Gasteiger partial charge on any atom is 0.323 e. The number of thioether (sulfide) groups is 1. The van der Waals surface area contributed by atoms with Crippen LogP contribution in [0.3, 0.4) is 0 Å². The molecule has 2 amide bonds. The summed E-state index contributed by atoms with van der Waals surface area (Å²) in [6, 6.07) is 10.1. The van der Waals surface area contributed by atoms with Gasteiger partial charge in [-0.15, -0.1) is 0 Å². The average molecular weight is 348 g/mol. The lowest BCUT2D eigenvalue weighted by Crippen LogP contribution is -2.45. The minimum Gasteiger partial charge on any atom is -0.323 e. The fraction of sp³-hybridized carbons (Fsp3) is 0.412. The van der Waals surface area contributed by atoms with Crippen LogP contribution in [0.25, 0.3) is 10.4 Å². The maximum absolute atomic E-state index is 12.5. The van der Waals surface area contributed by atoms with Crippen LogP contribution in [0, 0.1) is 5.92 Å². The van der Waals surface area contributed by atoms with Crippen LogP contribution in [-0.4, -0.2) is 40.0 Å². The highest BCUT2D eigenvalue weighted by atomic mass is 32.2. The highest BCUT2D eigenvalue weighted by Crippen LogP contribution is 2.29. The molecule has 0 aliphatic carbocycles. The fourth-order valence-corrected chi connectivity index (χ4v) is 4.61. The summed E-state index contributed by atoms with van der Waals surface area (Å²) in [4.78, 5) is 19.8. The number of thiazole rings is 1. The van der Waals surface area contributed by atoms with Gasteiger partial charge in [0.05, 0.1) is 4.88 Å². The molecule has 2 aromatic rings. The van der Waals surface area contributed by atoms with Crippen LogP contribution in [0.2, 0.25) is 0 Å². The van der Waals surface area contributed by atoms with E-state index >= 15 is 0 Å². The van der Waals surface area contributed by atoms with E-state index in [0.29, 0.717) is 16.3 Å². The van der Waals surface area contributed by atoms with Gasteiger partial charge in [0.2, 0.25) is 0 Å². The molecule has 0 spiro atoms. The third-order valence-electron chi connectivity index (χ3n) is 3.90. The first kappa shape index (κ1) is 16.3. The van der Waals surface area contributed by atoms with Crippen molar-refractivity contribution in [1.29, 1.82) is 0 Å². The average Bonchev–Trinajstić information content (AvgIpc) is 3.04. The lowest BCUT2D eigenvalue weighted by atomic mass is 10.1. The minimum absolute atomic E-state index is 0.0371. The molecule has 0 bridgehead atoms. The smallest absolute Gasteiger partial charge is 0.323 e. The largest absolute Gasteiger partial charge is 0.323 e. The second-order valence-corrected chi connectivity index (χ2v) is 8.30. The molecule has 2 heterocycles. The molecule has 6 heteroatoms. The van der Waals surface area contributed by atoms with Crippen molar-refractivity contribution in [3.05, 3.63) is 36.5 Å². The first-order chi connectivity index (χ1) is 11.1. The van der Waals surface area contributed by atoms with Crippen molar-refractivity contribution in [2.75, 3.05) is 24.2 Å². The molecule has 3 rings (SSSR count). The SMILES string of the molecule is CC(C)[C@@H]1CN(C(=O)Nc2ncc(-c3ccccc3)s2)CCS1. The van der Waals surface area contributed by atoms with Gasteiger partial charge in [0.25, 0.3) is 0 Å². The summed E-state index contributed by atoms with van der Waals surface area (Å²) in [6.45, 7) is 6.04. The van der Waals surface area contributed by atoms with Crippen LogP contribution in [0.4, 0.5) is 9.93 Å². The van der Waals surface area contributed by atoms with Gasteiger partial charge in [-0.3, -0.25) is 5.32 Å². The van der Waals surface area contributed by atoms with Gasteiger partial charge in [-0.05, 0) is 11.5 Å². The van der Waals surface area contributed by atoms with E-state index in [-0.39, 0.29) is 6.03 Å². The predicted molar refractivity (Wildman–Crippen MR) is 99.2 cm³/mol. The van der Waals surface area contributed by atoms with Crippen LogP contribution in [0.5, 0.6) is 0 Å². The monoisotopic (exact) mass is 347 g/mol. The van der Waals surface area contributed by atoms with Gasteiger partial charge in [0.1, 0.15) is 0 Å². The van der Waals surface area contributed by atoms with Crippen molar-refractivity contribution in [1.82, 2.24) is 9.88 Å². The van der Waals surface area contributed by atoms with E-state index in [0.717, 1.165) is 29.3 Å². The summed E-state index contributed by atoms with van der Waals surface area (Å²) < 4.78 is 0. The number of amides is 2. The molecule has 0 saturated carbocycles. The molecule has 1 aromatic carbocycles. The Bertz CT molecular complexity index is 657. The van der Waals surface area contributed by atoms with Crippen molar-refractivity contribution >= 4 is 34.3 Å². The summed E-state index contributed by atoms with van der Waals surface area (Å²) >= 11 is 3.48. The first-order valence-corrected chi connectivity index (χ1v) is 9.69. The van der Waals surface area contributed by atoms with E-state index in [1.165, 1.54) is 11.3 Å². The molecule has 4 nitrogen and oxygen atoms in total. The van der Waals surface area contributed by atoms with E-state index in [4.69, 9.17) is 0 Å². The number of carbonyl (C=O) groups is 1. The van der Waals surface area contributed by atoms with Crippen LogP contribution in [0.15, 0.2) is 36.5 Å². The molecule has 0 radical (unpaired) electrons. The quantitative estimate of drug-likeness (QED) is 0.894. The molecule has 1 fully saturated rings. The highest BCUT2D eigenvalue weighted by molar-refractivity contribution is 8.00. The fourth-order valence-electron chi connectivity index (χ4n) is 2.50. The standard InChI is InChI=1S/C17H21N3OS2/c1-12(2)15-11-20(8-9-22-15)17(21)19-16-18-10-14(23-16)13-6-4-3-5-7-13/h3-7,10,12,15H,8-9,11H2,1-2H3,(H,18,19,21)/t15-/m0/s1. The molecule has 1 saturated heterocycles. The Kier molecular flexibility index (Phi) is 5.23. The summed E-state index contributed by atoms with van der Waals surface area (Å²) in [5.74, 6) is 1.59.